The molecule has 1 aromatic carbocycles. The van der Waals surface area contributed by atoms with Crippen LogP contribution >= 0.6 is 0 Å². The maximum Gasteiger partial charge on any atom is 0.320 e. The molecule has 1 fully saturated rings. The van der Waals surface area contributed by atoms with Crippen LogP contribution in [0.4, 0.5) is 0 Å². The molecule has 8 nitrogen and oxygen atoms in total. The molecule has 1 aliphatic rings. The molecule has 0 aliphatic carbocycles. The minimum Gasteiger partial charge on any atom is -0.481 e. The lowest BCUT2D eigenvalue weighted by Gasteiger charge is -2.30. The van der Waals surface area contributed by atoms with Gasteiger partial charge in [0, 0.05) is 12.6 Å². The van der Waals surface area contributed by atoms with Gasteiger partial charge in [-0.15, -0.1) is 0 Å². The summed E-state index contributed by atoms with van der Waals surface area (Å²) in [5.74, 6) is -2.13. The number of nitrogens with one attached hydrogen (secondary N) is 1. The van der Waals surface area contributed by atoms with Crippen molar-refractivity contribution in [1.82, 2.24) is 10.2 Å². The smallest absolute Gasteiger partial charge is 0.320 e. The molecule has 0 unspecified atom stereocenters. The summed E-state index contributed by atoms with van der Waals surface area (Å²) in [4.78, 5) is 37.8. The van der Waals surface area contributed by atoms with E-state index in [1.54, 1.807) is 4.90 Å². The van der Waals surface area contributed by atoms with Crippen molar-refractivity contribution in [3.05, 3.63) is 35.9 Å². The van der Waals surface area contributed by atoms with E-state index in [1.807, 2.05) is 30.3 Å². The van der Waals surface area contributed by atoms with E-state index in [0.29, 0.717) is 45.2 Å². The number of carbonyl (C=O) groups is 3. The molecule has 2 rings (SSSR count). The van der Waals surface area contributed by atoms with Crippen LogP contribution in [0.5, 0.6) is 0 Å². The largest absolute Gasteiger partial charge is 0.481 e. The van der Waals surface area contributed by atoms with Crippen molar-refractivity contribution in [2.75, 3.05) is 13.1 Å². The molecule has 0 bridgehead atoms. The van der Waals surface area contributed by atoms with E-state index in [9.17, 15) is 19.5 Å². The number of aliphatic carboxylic acids is 2. The SMILES string of the molecule is NCCCC[C@H](N[C@H](CCc1ccccc1)C(=O)O)C(=O)N1CCC[C@H]1CC(=O)O. The van der Waals surface area contributed by atoms with Gasteiger partial charge in [-0.05, 0) is 50.6 Å². The summed E-state index contributed by atoms with van der Waals surface area (Å²) in [5, 5.41) is 21.9. The van der Waals surface area contributed by atoms with Crippen LogP contribution in [-0.2, 0) is 20.8 Å². The van der Waals surface area contributed by atoms with Gasteiger partial charge in [-0.2, -0.15) is 0 Å². The molecule has 0 aromatic heterocycles. The highest BCUT2D eigenvalue weighted by molar-refractivity contribution is 5.84. The number of carbonyl (C=O) groups excluding carboxylic acids is 1. The van der Waals surface area contributed by atoms with Gasteiger partial charge in [-0.3, -0.25) is 19.7 Å². The topological polar surface area (TPSA) is 133 Å². The van der Waals surface area contributed by atoms with Gasteiger partial charge in [0.15, 0.2) is 0 Å². The Morgan fingerprint density at radius 2 is 1.83 bits per heavy atom. The number of carboxylic acid groups (broad SMARTS) is 2. The molecule has 3 atom stereocenters. The maximum absolute atomic E-state index is 13.2. The summed E-state index contributed by atoms with van der Waals surface area (Å²) in [6.45, 7) is 1.01. The first-order chi connectivity index (χ1) is 14.4. The molecule has 1 heterocycles. The van der Waals surface area contributed by atoms with Crippen molar-refractivity contribution in [2.45, 2.75) is 69.5 Å². The number of likely N-dealkylation sites (tertiary alicyclic amines) is 1. The van der Waals surface area contributed by atoms with E-state index in [0.717, 1.165) is 18.4 Å². The zero-order valence-electron chi connectivity index (χ0n) is 17.3. The highest BCUT2D eigenvalue weighted by atomic mass is 16.4. The molecule has 1 aliphatic heterocycles. The molecular weight excluding hydrogens is 386 g/mol. The number of hydrogen-bond donors (Lipinski definition) is 4. The highest BCUT2D eigenvalue weighted by Gasteiger charge is 2.35. The Hall–Kier alpha value is -2.45. The van der Waals surface area contributed by atoms with Crippen LogP contribution < -0.4 is 11.1 Å². The van der Waals surface area contributed by atoms with Gasteiger partial charge < -0.3 is 20.8 Å². The first-order valence-corrected chi connectivity index (χ1v) is 10.7. The van der Waals surface area contributed by atoms with Crippen LogP contribution in [0.1, 0.15) is 50.5 Å². The third kappa shape index (κ3) is 7.42. The minimum absolute atomic E-state index is 0.0857. The monoisotopic (exact) mass is 419 g/mol. The number of amides is 1. The maximum atomic E-state index is 13.2. The van der Waals surface area contributed by atoms with Crippen molar-refractivity contribution in [3.8, 4) is 0 Å². The predicted octanol–water partition coefficient (Wildman–Crippen LogP) is 1.63. The van der Waals surface area contributed by atoms with Gasteiger partial charge in [-0.1, -0.05) is 36.8 Å². The van der Waals surface area contributed by atoms with Crippen LogP contribution in [0.2, 0.25) is 0 Å². The van der Waals surface area contributed by atoms with Crippen LogP contribution in [-0.4, -0.2) is 64.2 Å². The van der Waals surface area contributed by atoms with Gasteiger partial charge in [-0.25, -0.2) is 0 Å². The second kappa shape index (κ2) is 12.3. The second-order valence-corrected chi connectivity index (χ2v) is 7.84. The number of aryl methyl sites for hydroxylation is 1. The zero-order valence-corrected chi connectivity index (χ0v) is 17.3. The van der Waals surface area contributed by atoms with Crippen LogP contribution in [0, 0.1) is 0 Å². The van der Waals surface area contributed by atoms with E-state index in [4.69, 9.17) is 10.8 Å². The summed E-state index contributed by atoms with van der Waals surface area (Å²) in [6, 6.07) is 7.77. The fourth-order valence-corrected chi connectivity index (χ4v) is 3.99. The molecule has 1 amide bonds. The van der Waals surface area contributed by atoms with Crippen LogP contribution in [0.25, 0.3) is 0 Å². The molecule has 166 valence electrons. The Kier molecular flexibility index (Phi) is 9.76. The molecule has 0 spiro atoms. The Labute approximate surface area is 177 Å². The van der Waals surface area contributed by atoms with E-state index in [2.05, 4.69) is 5.32 Å². The van der Waals surface area contributed by atoms with Gasteiger partial charge in [0.25, 0.3) is 0 Å². The third-order valence-corrected chi connectivity index (χ3v) is 5.58. The van der Waals surface area contributed by atoms with Crippen molar-refractivity contribution >= 4 is 17.8 Å². The molecule has 8 heteroatoms. The molecule has 0 radical (unpaired) electrons. The normalized spacial score (nSPS) is 18.2. The molecule has 30 heavy (non-hydrogen) atoms. The lowest BCUT2D eigenvalue weighted by Crippen LogP contribution is -2.53. The number of unbranched alkanes of at least 4 members (excludes halogenated alkanes) is 1. The third-order valence-electron chi connectivity index (χ3n) is 5.58. The highest BCUT2D eigenvalue weighted by Crippen LogP contribution is 2.22. The number of rotatable bonds is 13. The van der Waals surface area contributed by atoms with Crippen LogP contribution in [0.3, 0.4) is 0 Å². The number of hydrogen-bond acceptors (Lipinski definition) is 5. The standard InChI is InChI=1S/C22H33N3O5/c23-13-5-4-10-18(21(28)25-14-6-9-17(25)15-20(26)27)24-19(22(29)30)12-11-16-7-2-1-3-8-16/h1-3,7-8,17-19,24H,4-6,9-15,23H2,(H,26,27)(H,29,30)/t17-,18-,19+/m0/s1. The van der Waals surface area contributed by atoms with Crippen molar-refractivity contribution < 1.29 is 24.6 Å². The Bertz CT molecular complexity index is 697. The Morgan fingerprint density at radius 3 is 2.47 bits per heavy atom. The minimum atomic E-state index is -0.994. The van der Waals surface area contributed by atoms with Gasteiger partial charge in [0.05, 0.1) is 12.5 Å². The van der Waals surface area contributed by atoms with Crippen LogP contribution in [0.15, 0.2) is 30.3 Å². The zero-order chi connectivity index (χ0) is 21.9. The van der Waals surface area contributed by atoms with E-state index >= 15 is 0 Å². The van der Waals surface area contributed by atoms with E-state index in [-0.39, 0.29) is 18.4 Å². The lowest BCUT2D eigenvalue weighted by atomic mass is 10.0. The number of nitrogens with zero attached hydrogens (tertiary/aromatic N) is 1. The van der Waals surface area contributed by atoms with Crippen molar-refractivity contribution in [3.63, 3.8) is 0 Å². The van der Waals surface area contributed by atoms with Gasteiger partial charge >= 0.3 is 11.9 Å². The fourth-order valence-electron chi connectivity index (χ4n) is 3.99. The molecule has 0 saturated carbocycles. The number of nitrogens with two attached hydrogens (primary N) is 1. The summed E-state index contributed by atoms with van der Waals surface area (Å²) >= 11 is 0. The number of benzene rings is 1. The molecule has 5 N–H and O–H groups in total. The van der Waals surface area contributed by atoms with E-state index < -0.39 is 24.0 Å². The fraction of sp³-hybridized carbons (Fsp3) is 0.591. The molecular formula is C22H33N3O5. The molecule has 1 saturated heterocycles. The van der Waals surface area contributed by atoms with E-state index in [1.165, 1.54) is 0 Å². The number of carboxylic acids is 2. The summed E-state index contributed by atoms with van der Waals surface area (Å²) in [5.41, 5.74) is 6.62. The van der Waals surface area contributed by atoms with Gasteiger partial charge in [0.1, 0.15) is 6.04 Å². The van der Waals surface area contributed by atoms with Crippen molar-refractivity contribution in [2.24, 2.45) is 5.73 Å². The quantitative estimate of drug-likeness (QED) is 0.357. The summed E-state index contributed by atoms with van der Waals surface area (Å²) in [6.07, 6.45) is 4.19. The second-order valence-electron chi connectivity index (χ2n) is 7.84. The predicted molar refractivity (Wildman–Crippen MR) is 113 cm³/mol. The summed E-state index contributed by atoms with van der Waals surface area (Å²) in [7, 11) is 0. The average molecular weight is 420 g/mol. The lowest BCUT2D eigenvalue weighted by molar-refractivity contribution is -0.141. The molecule has 1 aromatic rings. The van der Waals surface area contributed by atoms with Crippen molar-refractivity contribution in [1.29, 1.82) is 0 Å². The first kappa shape index (κ1) is 23.8. The first-order valence-electron chi connectivity index (χ1n) is 10.7. The van der Waals surface area contributed by atoms with Gasteiger partial charge in [0.2, 0.25) is 5.91 Å². The summed E-state index contributed by atoms with van der Waals surface area (Å²) < 4.78 is 0. The Balaban J connectivity index is 2.07. The average Bonchev–Trinajstić information content (AvgIpc) is 3.17. The Morgan fingerprint density at radius 1 is 1.10 bits per heavy atom.